The fourth-order valence-corrected chi connectivity index (χ4v) is 1.24. The van der Waals surface area contributed by atoms with E-state index >= 15 is 0 Å². The molecule has 148 valence electrons. The van der Waals surface area contributed by atoms with Crippen LogP contribution in [-0.4, -0.2) is 49.8 Å². The van der Waals surface area contributed by atoms with Crippen LogP contribution in [0.15, 0.2) is 0 Å². The first-order chi connectivity index (χ1) is 11.0. The lowest BCUT2D eigenvalue weighted by atomic mass is 9.96. The molecule has 0 spiro atoms. The fourth-order valence-electron chi connectivity index (χ4n) is 1.24. The predicted molar refractivity (Wildman–Crippen MR) is 66.8 cm³/mol. The number of carbonyl (C=O) groups excluding carboxylic acids is 2. The molecule has 0 bridgehead atoms. The highest BCUT2D eigenvalue weighted by Gasteiger charge is 2.43. The lowest BCUT2D eigenvalue weighted by Gasteiger charge is -2.24. The van der Waals surface area contributed by atoms with E-state index in [1.54, 1.807) is 0 Å². The Kier molecular flexibility index (Phi) is 8.09. The first-order valence-electron chi connectivity index (χ1n) is 6.77. The molecular formula is C13H16F8O4. The molecule has 2 atom stereocenters. The van der Waals surface area contributed by atoms with Gasteiger partial charge in [-0.2, -0.15) is 26.3 Å². The summed E-state index contributed by atoms with van der Waals surface area (Å²) in [5, 5.41) is 0. The van der Waals surface area contributed by atoms with Crippen LogP contribution in [0.5, 0.6) is 0 Å². The Balaban J connectivity index is 4.29. The minimum atomic E-state index is -5.22. The number of rotatable bonds is 8. The smallest absolute Gasteiger partial charge is 0.420 e. The van der Waals surface area contributed by atoms with Crippen molar-refractivity contribution in [1.82, 2.24) is 0 Å². The van der Waals surface area contributed by atoms with Crippen LogP contribution in [0.25, 0.3) is 0 Å². The second-order valence-corrected chi connectivity index (χ2v) is 5.91. The third kappa shape index (κ3) is 10.1. The van der Waals surface area contributed by atoms with Gasteiger partial charge in [-0.05, 0) is 0 Å². The van der Waals surface area contributed by atoms with Crippen molar-refractivity contribution in [3.63, 3.8) is 0 Å². The molecule has 12 heteroatoms. The fraction of sp³-hybridized carbons (Fsp3) is 0.846. The third-order valence-electron chi connectivity index (χ3n) is 2.65. The Labute approximate surface area is 137 Å². The maximum Gasteiger partial charge on any atom is 0.420 e. The van der Waals surface area contributed by atoms with Gasteiger partial charge in [-0.15, -0.1) is 0 Å². The second kappa shape index (κ2) is 8.65. The topological polar surface area (TPSA) is 52.6 Å². The Morgan fingerprint density at radius 1 is 0.760 bits per heavy atom. The maximum atomic E-state index is 12.6. The number of esters is 2. The molecule has 0 aromatic carbocycles. The summed E-state index contributed by atoms with van der Waals surface area (Å²) in [4.78, 5) is 22.2. The minimum absolute atomic E-state index is 0.595. The molecule has 0 N–H and O–H groups in total. The van der Waals surface area contributed by atoms with Crippen molar-refractivity contribution in [1.29, 1.82) is 0 Å². The molecule has 0 aliphatic rings. The van der Waals surface area contributed by atoms with Gasteiger partial charge in [0.1, 0.15) is 0 Å². The summed E-state index contributed by atoms with van der Waals surface area (Å²) >= 11 is 0. The van der Waals surface area contributed by atoms with Gasteiger partial charge in [0.25, 0.3) is 0 Å². The molecule has 0 aliphatic heterocycles. The molecule has 2 unspecified atom stereocenters. The number of carbonyl (C=O) groups is 2. The molecule has 0 aromatic heterocycles. The average Bonchev–Trinajstić information content (AvgIpc) is 2.41. The van der Waals surface area contributed by atoms with Gasteiger partial charge in [-0.25, -0.2) is 8.78 Å². The Morgan fingerprint density at radius 3 is 1.28 bits per heavy atom. The molecule has 0 fully saturated rings. The van der Waals surface area contributed by atoms with E-state index in [-0.39, 0.29) is 0 Å². The molecule has 0 aliphatic carbocycles. The standard InChI is InChI=1S/C13H16F8O4/c1-11(2,5-24-9(22)3-7(14)12(16,17)18)6-25-10(23)4-8(15)13(19,20)21/h7-8H,3-6H2,1-2H3. The molecule has 0 radical (unpaired) electrons. The van der Waals surface area contributed by atoms with Gasteiger partial charge in [0.15, 0.2) is 0 Å². The monoisotopic (exact) mass is 388 g/mol. The van der Waals surface area contributed by atoms with Crippen molar-refractivity contribution in [2.75, 3.05) is 13.2 Å². The van der Waals surface area contributed by atoms with Crippen LogP contribution in [-0.2, 0) is 19.1 Å². The van der Waals surface area contributed by atoms with Crippen LogP contribution >= 0.6 is 0 Å². The molecule has 0 rings (SSSR count). The van der Waals surface area contributed by atoms with E-state index in [0.717, 1.165) is 0 Å². The molecule has 0 saturated heterocycles. The lowest BCUT2D eigenvalue weighted by molar-refractivity contribution is -0.191. The van der Waals surface area contributed by atoms with Crippen LogP contribution < -0.4 is 0 Å². The van der Waals surface area contributed by atoms with E-state index < -0.39 is 68.1 Å². The zero-order chi connectivity index (χ0) is 20.1. The summed E-state index contributed by atoms with van der Waals surface area (Å²) in [5.74, 6) is -2.99. The van der Waals surface area contributed by atoms with Crippen molar-refractivity contribution >= 4 is 11.9 Å². The quantitative estimate of drug-likeness (QED) is 0.470. The van der Waals surface area contributed by atoms with E-state index in [1.807, 2.05) is 0 Å². The molecule has 0 saturated carbocycles. The van der Waals surface area contributed by atoms with Gasteiger partial charge in [-0.3, -0.25) is 9.59 Å². The highest BCUT2D eigenvalue weighted by atomic mass is 19.4. The first-order valence-corrected chi connectivity index (χ1v) is 6.77. The van der Waals surface area contributed by atoms with Crippen LogP contribution in [0.4, 0.5) is 35.1 Å². The van der Waals surface area contributed by atoms with Gasteiger partial charge in [-0.1, -0.05) is 13.8 Å². The van der Waals surface area contributed by atoms with Crippen molar-refractivity contribution in [2.24, 2.45) is 5.41 Å². The SMILES string of the molecule is CC(C)(COC(=O)CC(F)C(F)(F)F)COC(=O)CC(F)C(F)(F)F. The van der Waals surface area contributed by atoms with Gasteiger partial charge in [0.05, 0.1) is 26.1 Å². The van der Waals surface area contributed by atoms with Gasteiger partial charge in [0.2, 0.25) is 12.3 Å². The number of halogens is 8. The van der Waals surface area contributed by atoms with Crippen LogP contribution in [0.3, 0.4) is 0 Å². The number of alkyl halides is 8. The van der Waals surface area contributed by atoms with Crippen LogP contribution in [0.1, 0.15) is 26.7 Å². The van der Waals surface area contributed by atoms with Gasteiger partial charge in [0, 0.05) is 5.41 Å². The average molecular weight is 388 g/mol. The van der Waals surface area contributed by atoms with E-state index in [2.05, 4.69) is 9.47 Å². The normalized spacial score (nSPS) is 15.4. The summed E-state index contributed by atoms with van der Waals surface area (Å²) in [6.07, 6.45) is -20.4. The number of ether oxygens (including phenoxy) is 2. The summed E-state index contributed by atoms with van der Waals surface area (Å²) in [5.41, 5.74) is -1.20. The van der Waals surface area contributed by atoms with Crippen molar-refractivity contribution < 1.29 is 54.2 Å². The summed E-state index contributed by atoms with van der Waals surface area (Å²) in [6, 6.07) is 0. The zero-order valence-electron chi connectivity index (χ0n) is 13.1. The van der Waals surface area contributed by atoms with E-state index in [9.17, 15) is 44.7 Å². The lowest BCUT2D eigenvalue weighted by Crippen LogP contribution is -2.33. The molecular weight excluding hydrogens is 372 g/mol. The first kappa shape index (κ1) is 23.4. The van der Waals surface area contributed by atoms with Gasteiger partial charge < -0.3 is 9.47 Å². The van der Waals surface area contributed by atoms with Gasteiger partial charge >= 0.3 is 24.3 Å². The van der Waals surface area contributed by atoms with Crippen molar-refractivity contribution in [3.05, 3.63) is 0 Å². The highest BCUT2D eigenvalue weighted by Crippen LogP contribution is 2.27. The van der Waals surface area contributed by atoms with Crippen molar-refractivity contribution in [3.8, 4) is 0 Å². The molecule has 25 heavy (non-hydrogen) atoms. The zero-order valence-corrected chi connectivity index (χ0v) is 13.1. The number of hydrogen-bond acceptors (Lipinski definition) is 4. The third-order valence-corrected chi connectivity index (χ3v) is 2.65. The maximum absolute atomic E-state index is 12.6. The summed E-state index contributed by atoms with van der Waals surface area (Å²) in [6.45, 7) is 1.42. The Morgan fingerprint density at radius 2 is 1.04 bits per heavy atom. The number of hydrogen-bond donors (Lipinski definition) is 0. The van der Waals surface area contributed by atoms with Crippen LogP contribution in [0, 0.1) is 5.41 Å². The summed E-state index contributed by atoms with van der Waals surface area (Å²) < 4.78 is 106. The van der Waals surface area contributed by atoms with E-state index in [0.29, 0.717) is 0 Å². The Hall–Kier alpha value is -1.62. The highest BCUT2D eigenvalue weighted by molar-refractivity contribution is 5.70. The molecule has 0 amide bonds. The minimum Gasteiger partial charge on any atom is -0.465 e. The molecule has 0 heterocycles. The predicted octanol–water partition coefficient (Wildman–Crippen LogP) is 3.68. The van der Waals surface area contributed by atoms with Crippen LogP contribution in [0.2, 0.25) is 0 Å². The Bertz CT molecular complexity index is 418. The van der Waals surface area contributed by atoms with E-state index in [1.165, 1.54) is 13.8 Å². The summed E-state index contributed by atoms with van der Waals surface area (Å²) in [7, 11) is 0. The molecule has 0 aromatic rings. The second-order valence-electron chi connectivity index (χ2n) is 5.91. The largest absolute Gasteiger partial charge is 0.465 e. The molecule has 4 nitrogen and oxygen atoms in total. The van der Waals surface area contributed by atoms with E-state index in [4.69, 9.17) is 0 Å². The van der Waals surface area contributed by atoms with Crippen molar-refractivity contribution in [2.45, 2.75) is 51.4 Å².